The van der Waals surface area contributed by atoms with Crippen molar-refractivity contribution in [1.29, 1.82) is 0 Å². The highest BCUT2D eigenvalue weighted by atomic mass is 16.1. The van der Waals surface area contributed by atoms with Crippen LogP contribution < -0.4 is 0 Å². The van der Waals surface area contributed by atoms with E-state index in [-0.39, 0.29) is 11.8 Å². The van der Waals surface area contributed by atoms with Crippen LogP contribution in [0.3, 0.4) is 0 Å². The van der Waals surface area contributed by atoms with Crippen molar-refractivity contribution >= 4 is 17.7 Å². The summed E-state index contributed by atoms with van der Waals surface area (Å²) in [5, 5.41) is 0. The Morgan fingerprint density at radius 3 is 3.11 bits per heavy atom. The minimum absolute atomic E-state index is 0.166. The molecule has 1 unspecified atom stereocenters. The van der Waals surface area contributed by atoms with Gasteiger partial charge in [0.15, 0.2) is 5.78 Å². The molecule has 1 aliphatic carbocycles. The van der Waals surface area contributed by atoms with Gasteiger partial charge in [-0.25, -0.2) is 0 Å². The van der Waals surface area contributed by atoms with Gasteiger partial charge < -0.3 is 0 Å². The summed E-state index contributed by atoms with van der Waals surface area (Å²) in [6.07, 6.45) is 9.92. The van der Waals surface area contributed by atoms with Crippen LogP contribution in [0.2, 0.25) is 0 Å². The summed E-state index contributed by atoms with van der Waals surface area (Å²) in [6.45, 7) is 2.88. The molecular formula is C16H20N2O. The van der Waals surface area contributed by atoms with E-state index in [1.807, 2.05) is 6.21 Å². The Morgan fingerprint density at radius 2 is 2.26 bits per heavy atom. The van der Waals surface area contributed by atoms with Gasteiger partial charge in [-0.2, -0.15) is 0 Å². The van der Waals surface area contributed by atoms with Gasteiger partial charge >= 0.3 is 0 Å². The fourth-order valence-corrected chi connectivity index (χ4v) is 3.14. The Hall–Kier alpha value is -1.51. The Kier molecular flexibility index (Phi) is 3.45. The summed E-state index contributed by atoms with van der Waals surface area (Å²) < 4.78 is 0. The first kappa shape index (κ1) is 12.5. The average molecular weight is 256 g/mol. The SMILES string of the molecule is CCCCC1N=C/C=C2/CN=C3CCCC(=C32)C1=O. The van der Waals surface area contributed by atoms with Crippen molar-refractivity contribution in [3.8, 4) is 0 Å². The van der Waals surface area contributed by atoms with Crippen molar-refractivity contribution in [3.05, 3.63) is 22.8 Å². The zero-order chi connectivity index (χ0) is 13.2. The van der Waals surface area contributed by atoms with Crippen LogP contribution in [0.1, 0.15) is 45.4 Å². The number of ketones is 1. The molecule has 0 N–H and O–H groups in total. The molecule has 0 saturated heterocycles. The number of nitrogens with zero attached hydrogens (tertiary/aromatic N) is 2. The van der Waals surface area contributed by atoms with Crippen molar-refractivity contribution < 1.29 is 4.79 Å². The molecule has 0 bridgehead atoms. The lowest BCUT2D eigenvalue weighted by molar-refractivity contribution is -0.117. The quantitative estimate of drug-likeness (QED) is 0.765. The van der Waals surface area contributed by atoms with Crippen molar-refractivity contribution in [1.82, 2.24) is 0 Å². The number of aliphatic imine (C=N–C) groups is 2. The number of allylic oxidation sites excluding steroid dienone is 1. The van der Waals surface area contributed by atoms with Crippen molar-refractivity contribution in [2.45, 2.75) is 51.5 Å². The maximum absolute atomic E-state index is 12.7. The Balaban J connectivity index is 1.99. The molecule has 0 radical (unpaired) electrons. The molecule has 3 heteroatoms. The third-order valence-corrected chi connectivity index (χ3v) is 4.17. The Bertz CT molecular complexity index is 523. The van der Waals surface area contributed by atoms with E-state index in [0.29, 0.717) is 0 Å². The summed E-state index contributed by atoms with van der Waals surface area (Å²) in [5.74, 6) is 0.250. The topological polar surface area (TPSA) is 41.8 Å². The van der Waals surface area contributed by atoms with Gasteiger partial charge in [0.05, 0.1) is 6.54 Å². The predicted octanol–water partition coefficient (Wildman–Crippen LogP) is 3.06. The van der Waals surface area contributed by atoms with E-state index in [4.69, 9.17) is 0 Å². The van der Waals surface area contributed by atoms with E-state index in [2.05, 4.69) is 23.0 Å². The molecule has 0 aromatic rings. The summed E-state index contributed by atoms with van der Waals surface area (Å²) in [5.41, 5.74) is 4.52. The van der Waals surface area contributed by atoms with Gasteiger partial charge in [-0.1, -0.05) is 19.8 Å². The maximum atomic E-state index is 12.7. The number of hydrogen-bond acceptors (Lipinski definition) is 3. The van der Waals surface area contributed by atoms with Crippen LogP contribution in [-0.2, 0) is 4.79 Å². The van der Waals surface area contributed by atoms with Crippen molar-refractivity contribution in [2.75, 3.05) is 6.54 Å². The standard InChI is InChI=1S/C16H20N2O/c1-2-3-6-14-16(19)12-5-4-7-13-15(12)11(10-18-13)8-9-17-14/h8-9,14H,2-7,10H2,1H3/b11-8-,17-9?. The van der Waals surface area contributed by atoms with Gasteiger partial charge in [0.2, 0.25) is 0 Å². The molecular weight excluding hydrogens is 236 g/mol. The number of carbonyl (C=O) groups excluding carboxylic acids is 1. The largest absolute Gasteiger partial charge is 0.292 e. The Labute approximate surface area is 114 Å². The van der Waals surface area contributed by atoms with E-state index in [1.54, 1.807) is 0 Å². The molecule has 3 nitrogen and oxygen atoms in total. The molecule has 100 valence electrons. The monoisotopic (exact) mass is 256 g/mol. The highest BCUT2D eigenvalue weighted by Gasteiger charge is 2.32. The van der Waals surface area contributed by atoms with Crippen LogP contribution in [-0.4, -0.2) is 30.3 Å². The minimum Gasteiger partial charge on any atom is -0.292 e. The zero-order valence-electron chi connectivity index (χ0n) is 11.5. The molecule has 3 aliphatic rings. The second-order valence-electron chi connectivity index (χ2n) is 5.48. The first-order valence-electron chi connectivity index (χ1n) is 7.35. The lowest BCUT2D eigenvalue weighted by Crippen LogP contribution is -2.26. The molecule has 2 heterocycles. The third kappa shape index (κ3) is 2.22. The van der Waals surface area contributed by atoms with Gasteiger partial charge in [-0.15, -0.1) is 0 Å². The number of carbonyl (C=O) groups is 1. The van der Waals surface area contributed by atoms with E-state index in [9.17, 15) is 4.79 Å². The molecule has 1 atom stereocenters. The van der Waals surface area contributed by atoms with Crippen LogP contribution in [0.25, 0.3) is 0 Å². The van der Waals surface area contributed by atoms with Gasteiger partial charge in [0, 0.05) is 23.1 Å². The smallest absolute Gasteiger partial charge is 0.183 e. The summed E-state index contributed by atoms with van der Waals surface area (Å²) in [4.78, 5) is 21.8. The molecule has 0 aromatic carbocycles. The van der Waals surface area contributed by atoms with Gasteiger partial charge in [0.25, 0.3) is 0 Å². The summed E-state index contributed by atoms with van der Waals surface area (Å²) in [6, 6.07) is -0.166. The second-order valence-corrected chi connectivity index (χ2v) is 5.48. The first-order valence-corrected chi connectivity index (χ1v) is 7.35. The predicted molar refractivity (Wildman–Crippen MR) is 78.1 cm³/mol. The number of unbranched alkanes of at least 4 members (excludes halogenated alkanes) is 1. The Morgan fingerprint density at radius 1 is 1.37 bits per heavy atom. The van der Waals surface area contributed by atoms with Gasteiger partial charge in [-0.3, -0.25) is 14.8 Å². The highest BCUT2D eigenvalue weighted by Crippen LogP contribution is 2.34. The summed E-state index contributed by atoms with van der Waals surface area (Å²) in [7, 11) is 0. The third-order valence-electron chi connectivity index (χ3n) is 4.17. The lowest BCUT2D eigenvalue weighted by atomic mass is 9.82. The van der Waals surface area contributed by atoms with Crippen LogP contribution in [0.5, 0.6) is 0 Å². The van der Waals surface area contributed by atoms with Crippen LogP contribution in [0, 0.1) is 0 Å². The first-order chi connectivity index (χ1) is 9.31. The fraction of sp³-hybridized carbons (Fsp3) is 0.562. The molecule has 0 amide bonds. The number of Topliss-reactive ketones (excluding diaryl/α,β-unsaturated/α-hetero) is 1. The fourth-order valence-electron chi connectivity index (χ4n) is 3.14. The van der Waals surface area contributed by atoms with Gasteiger partial charge in [0.1, 0.15) is 6.04 Å². The second kappa shape index (κ2) is 5.24. The van der Waals surface area contributed by atoms with Crippen molar-refractivity contribution in [3.63, 3.8) is 0 Å². The van der Waals surface area contributed by atoms with Gasteiger partial charge in [-0.05, 0) is 37.3 Å². The van der Waals surface area contributed by atoms with E-state index in [0.717, 1.165) is 56.4 Å². The van der Waals surface area contributed by atoms with E-state index in [1.165, 1.54) is 11.1 Å². The molecule has 0 aromatic heterocycles. The van der Waals surface area contributed by atoms with E-state index >= 15 is 0 Å². The van der Waals surface area contributed by atoms with Crippen LogP contribution in [0.4, 0.5) is 0 Å². The molecule has 0 fully saturated rings. The molecule has 2 aliphatic heterocycles. The minimum atomic E-state index is -0.166. The summed E-state index contributed by atoms with van der Waals surface area (Å²) >= 11 is 0. The highest BCUT2D eigenvalue weighted by molar-refractivity contribution is 6.16. The molecule has 0 saturated carbocycles. The number of hydrogen-bond donors (Lipinski definition) is 0. The molecule has 19 heavy (non-hydrogen) atoms. The zero-order valence-corrected chi connectivity index (χ0v) is 11.5. The normalized spacial score (nSPS) is 28.5. The van der Waals surface area contributed by atoms with Crippen LogP contribution in [0.15, 0.2) is 32.8 Å². The van der Waals surface area contributed by atoms with Crippen molar-refractivity contribution in [2.24, 2.45) is 9.98 Å². The molecule has 0 spiro atoms. The average Bonchev–Trinajstić information content (AvgIpc) is 2.83. The maximum Gasteiger partial charge on any atom is 0.183 e. The van der Waals surface area contributed by atoms with E-state index < -0.39 is 0 Å². The van der Waals surface area contributed by atoms with Crippen LogP contribution >= 0.6 is 0 Å². The molecule has 3 rings (SSSR count). The lowest BCUT2D eigenvalue weighted by Gasteiger charge is -2.22. The number of rotatable bonds is 3.